The average molecular weight is 285 g/mol. The van der Waals surface area contributed by atoms with E-state index in [9.17, 15) is 4.79 Å². The summed E-state index contributed by atoms with van der Waals surface area (Å²) in [6.45, 7) is 11.2. The highest BCUT2D eigenvalue weighted by atomic mass is 16.1. The molecule has 1 aromatic rings. The molecule has 0 aliphatic rings. The first-order valence-corrected chi connectivity index (χ1v) is 6.79. The summed E-state index contributed by atoms with van der Waals surface area (Å²) in [7, 11) is 0. The first-order valence-electron chi connectivity index (χ1n) is 6.79. The highest BCUT2D eigenvalue weighted by Crippen LogP contribution is 2.21. The molecule has 0 saturated heterocycles. The molecule has 1 aromatic carbocycles. The third-order valence-electron chi connectivity index (χ3n) is 2.80. The van der Waals surface area contributed by atoms with Crippen molar-refractivity contribution in [3.05, 3.63) is 48.1 Å². The van der Waals surface area contributed by atoms with E-state index in [1.165, 1.54) is 6.08 Å². The molecule has 112 valence electrons. The number of hydrogen-bond acceptors (Lipinski definition) is 3. The SMILES string of the molecule is C=CC(=N)/C(=C\C)c1cc(N)cc(C(=O)NC(C)(C)C)c1. The molecule has 0 aromatic heterocycles. The largest absolute Gasteiger partial charge is 0.399 e. The van der Waals surface area contributed by atoms with Crippen LogP contribution in [0.5, 0.6) is 0 Å². The van der Waals surface area contributed by atoms with Gasteiger partial charge in [0.25, 0.3) is 5.91 Å². The molecule has 0 spiro atoms. The van der Waals surface area contributed by atoms with Crippen LogP contribution in [0.25, 0.3) is 5.57 Å². The summed E-state index contributed by atoms with van der Waals surface area (Å²) in [5.41, 5.74) is 8.27. The second-order valence-corrected chi connectivity index (χ2v) is 5.87. The molecule has 0 atom stereocenters. The lowest BCUT2D eigenvalue weighted by molar-refractivity contribution is 0.0919. The van der Waals surface area contributed by atoms with E-state index in [0.717, 1.165) is 5.56 Å². The molecule has 0 unspecified atom stereocenters. The topological polar surface area (TPSA) is 79.0 Å². The molecule has 0 heterocycles. The van der Waals surface area contributed by atoms with E-state index in [1.807, 2.05) is 33.8 Å². The Labute approximate surface area is 126 Å². The van der Waals surface area contributed by atoms with Crippen LogP contribution in [0.4, 0.5) is 5.69 Å². The van der Waals surface area contributed by atoms with Gasteiger partial charge in [0.05, 0.1) is 5.71 Å². The highest BCUT2D eigenvalue weighted by Gasteiger charge is 2.17. The monoisotopic (exact) mass is 285 g/mol. The number of amides is 1. The zero-order chi connectivity index (χ0) is 16.2. The van der Waals surface area contributed by atoms with Crippen molar-refractivity contribution >= 4 is 22.9 Å². The van der Waals surface area contributed by atoms with Crippen LogP contribution in [-0.4, -0.2) is 17.2 Å². The molecule has 0 saturated carbocycles. The summed E-state index contributed by atoms with van der Waals surface area (Å²) in [6, 6.07) is 5.13. The van der Waals surface area contributed by atoms with Crippen LogP contribution in [-0.2, 0) is 0 Å². The number of rotatable bonds is 4. The van der Waals surface area contributed by atoms with Crippen LogP contribution in [0.2, 0.25) is 0 Å². The fourth-order valence-electron chi connectivity index (χ4n) is 1.94. The molecular weight excluding hydrogens is 262 g/mol. The summed E-state index contributed by atoms with van der Waals surface area (Å²) >= 11 is 0. The third kappa shape index (κ3) is 4.60. The van der Waals surface area contributed by atoms with Crippen LogP contribution in [0.15, 0.2) is 36.9 Å². The first-order chi connectivity index (χ1) is 9.67. The van der Waals surface area contributed by atoms with Crippen molar-refractivity contribution in [2.75, 3.05) is 5.73 Å². The number of benzene rings is 1. The molecule has 4 heteroatoms. The lowest BCUT2D eigenvalue weighted by Gasteiger charge is -2.21. The lowest BCUT2D eigenvalue weighted by atomic mass is 9.97. The molecule has 21 heavy (non-hydrogen) atoms. The van der Waals surface area contributed by atoms with Gasteiger partial charge < -0.3 is 16.5 Å². The fourth-order valence-corrected chi connectivity index (χ4v) is 1.94. The van der Waals surface area contributed by atoms with Crippen LogP contribution >= 0.6 is 0 Å². The summed E-state index contributed by atoms with van der Waals surface area (Å²) in [5.74, 6) is -0.184. The second-order valence-electron chi connectivity index (χ2n) is 5.87. The highest BCUT2D eigenvalue weighted by molar-refractivity contribution is 6.27. The van der Waals surface area contributed by atoms with Crippen molar-refractivity contribution in [3.8, 4) is 0 Å². The number of carbonyl (C=O) groups is 1. The minimum absolute atomic E-state index is 0.184. The predicted octanol–water partition coefficient (Wildman–Crippen LogP) is 3.41. The molecule has 4 N–H and O–H groups in total. The Kier molecular flexibility index (Phi) is 5.08. The number of anilines is 1. The van der Waals surface area contributed by atoms with Crippen molar-refractivity contribution < 1.29 is 4.79 Å². The molecule has 0 bridgehead atoms. The van der Waals surface area contributed by atoms with Gasteiger partial charge in [-0.3, -0.25) is 4.79 Å². The quantitative estimate of drug-likeness (QED) is 0.585. The van der Waals surface area contributed by atoms with Gasteiger partial charge in [0, 0.05) is 22.4 Å². The number of nitrogens with two attached hydrogens (primary N) is 1. The minimum Gasteiger partial charge on any atom is -0.399 e. The maximum absolute atomic E-state index is 12.3. The Morgan fingerprint density at radius 2 is 1.86 bits per heavy atom. The van der Waals surface area contributed by atoms with Crippen molar-refractivity contribution in [3.63, 3.8) is 0 Å². The van der Waals surface area contributed by atoms with Gasteiger partial charge in [-0.1, -0.05) is 12.7 Å². The van der Waals surface area contributed by atoms with Gasteiger partial charge in [-0.25, -0.2) is 0 Å². The van der Waals surface area contributed by atoms with Gasteiger partial charge in [-0.15, -0.1) is 0 Å². The lowest BCUT2D eigenvalue weighted by Crippen LogP contribution is -2.40. The van der Waals surface area contributed by atoms with Gasteiger partial charge >= 0.3 is 0 Å². The standard InChI is InChI=1S/C17H23N3O/c1-6-14(15(19)7-2)11-8-12(10-13(18)9-11)16(21)20-17(3,4)5/h6-10,19H,2,18H2,1,3-5H3,(H,20,21)/b14-6-,19-15?. The molecule has 4 nitrogen and oxygen atoms in total. The molecule has 0 aliphatic heterocycles. The van der Waals surface area contributed by atoms with Crippen molar-refractivity contribution in [2.45, 2.75) is 33.2 Å². The van der Waals surface area contributed by atoms with E-state index < -0.39 is 0 Å². The zero-order valence-electron chi connectivity index (χ0n) is 13.1. The maximum Gasteiger partial charge on any atom is 0.251 e. The number of hydrogen-bond donors (Lipinski definition) is 3. The molecule has 0 aliphatic carbocycles. The Hall–Kier alpha value is -2.36. The van der Waals surface area contributed by atoms with Crippen LogP contribution in [0.3, 0.4) is 0 Å². The number of nitrogens with one attached hydrogen (secondary N) is 2. The summed E-state index contributed by atoms with van der Waals surface area (Å²) in [4.78, 5) is 12.3. The third-order valence-corrected chi connectivity index (χ3v) is 2.80. The summed E-state index contributed by atoms with van der Waals surface area (Å²) in [5, 5.41) is 10.8. The molecular formula is C17H23N3O. The Balaban J connectivity index is 3.25. The van der Waals surface area contributed by atoms with Crippen molar-refractivity contribution in [2.24, 2.45) is 0 Å². The minimum atomic E-state index is -0.320. The van der Waals surface area contributed by atoms with E-state index in [-0.39, 0.29) is 11.4 Å². The second kappa shape index (κ2) is 6.39. The molecule has 0 radical (unpaired) electrons. The van der Waals surface area contributed by atoms with Crippen molar-refractivity contribution in [1.29, 1.82) is 5.41 Å². The number of nitrogen functional groups attached to an aromatic ring is 1. The summed E-state index contributed by atoms with van der Waals surface area (Å²) < 4.78 is 0. The fraction of sp³-hybridized carbons (Fsp3) is 0.294. The van der Waals surface area contributed by atoms with E-state index in [4.69, 9.17) is 11.1 Å². The van der Waals surface area contributed by atoms with Gasteiger partial charge in [-0.05, 0) is 57.5 Å². The zero-order valence-corrected chi connectivity index (χ0v) is 13.1. The number of carbonyl (C=O) groups excluding carboxylic acids is 1. The van der Waals surface area contributed by atoms with Gasteiger partial charge in [-0.2, -0.15) is 0 Å². The molecule has 1 amide bonds. The first kappa shape index (κ1) is 16.7. The Bertz CT molecular complexity index is 607. The number of allylic oxidation sites excluding steroid dienone is 3. The summed E-state index contributed by atoms with van der Waals surface area (Å²) in [6.07, 6.45) is 3.28. The van der Waals surface area contributed by atoms with Crippen LogP contribution in [0.1, 0.15) is 43.6 Å². The van der Waals surface area contributed by atoms with E-state index in [0.29, 0.717) is 22.5 Å². The Morgan fingerprint density at radius 1 is 1.29 bits per heavy atom. The predicted molar refractivity (Wildman–Crippen MR) is 89.6 cm³/mol. The van der Waals surface area contributed by atoms with Crippen LogP contribution < -0.4 is 11.1 Å². The normalized spacial score (nSPS) is 11.9. The van der Waals surface area contributed by atoms with E-state index >= 15 is 0 Å². The molecule has 0 fully saturated rings. The van der Waals surface area contributed by atoms with Gasteiger partial charge in [0.1, 0.15) is 0 Å². The van der Waals surface area contributed by atoms with Crippen LogP contribution in [0, 0.1) is 5.41 Å². The van der Waals surface area contributed by atoms with E-state index in [1.54, 1.807) is 18.2 Å². The van der Waals surface area contributed by atoms with Crippen molar-refractivity contribution in [1.82, 2.24) is 5.32 Å². The maximum atomic E-state index is 12.3. The average Bonchev–Trinajstić information content (AvgIpc) is 2.36. The Morgan fingerprint density at radius 3 is 2.33 bits per heavy atom. The van der Waals surface area contributed by atoms with Gasteiger partial charge in [0.2, 0.25) is 0 Å². The van der Waals surface area contributed by atoms with E-state index in [2.05, 4.69) is 11.9 Å². The smallest absolute Gasteiger partial charge is 0.251 e. The molecule has 1 rings (SSSR count). The van der Waals surface area contributed by atoms with Gasteiger partial charge in [0.15, 0.2) is 0 Å².